The van der Waals surface area contributed by atoms with E-state index in [2.05, 4.69) is 20.7 Å². The predicted molar refractivity (Wildman–Crippen MR) is 109 cm³/mol. The molecule has 1 aromatic heterocycles. The number of carbonyl (C=O) groups excluding carboxylic acids is 1. The Bertz CT molecular complexity index is 1140. The molecular formula is C21H20FN5O3. The van der Waals surface area contributed by atoms with Gasteiger partial charge in [0.05, 0.1) is 25.5 Å². The molecule has 0 saturated heterocycles. The second kappa shape index (κ2) is 7.86. The molecule has 0 spiro atoms. The zero-order valence-electron chi connectivity index (χ0n) is 16.6. The first-order valence-corrected chi connectivity index (χ1v) is 9.18. The molecule has 0 aliphatic carbocycles. The molecule has 0 fully saturated rings. The van der Waals surface area contributed by atoms with Gasteiger partial charge in [-0.15, -0.1) is 0 Å². The molecule has 154 valence electrons. The lowest BCUT2D eigenvalue weighted by Crippen LogP contribution is -2.31. The zero-order chi connectivity index (χ0) is 21.3. The standard InChI is InChI=1S/C21H20FN5O3/c1-12-18(20(28)26-16-10-15(29-2)7-8-17(16)30-3)19(13-5-4-6-14(22)9-13)27-21(25-12)23-11-24-27/h4-11,19H,1-3H3,(H,26,28)(H,23,24,25)/t19-/m1/s1. The summed E-state index contributed by atoms with van der Waals surface area (Å²) in [5.41, 5.74) is 1.99. The molecule has 9 heteroatoms. The van der Waals surface area contributed by atoms with Gasteiger partial charge in [0, 0.05) is 11.8 Å². The molecule has 0 radical (unpaired) electrons. The summed E-state index contributed by atoms with van der Waals surface area (Å²) in [4.78, 5) is 17.6. The molecule has 0 unspecified atom stereocenters. The lowest BCUT2D eigenvalue weighted by atomic mass is 9.95. The maximum Gasteiger partial charge on any atom is 0.255 e. The lowest BCUT2D eigenvalue weighted by molar-refractivity contribution is -0.113. The average Bonchev–Trinajstić information content (AvgIpc) is 3.20. The second-order valence-electron chi connectivity index (χ2n) is 6.67. The summed E-state index contributed by atoms with van der Waals surface area (Å²) < 4.78 is 26.1. The van der Waals surface area contributed by atoms with Gasteiger partial charge in [-0.05, 0) is 36.8 Å². The number of methoxy groups -OCH3 is 2. The summed E-state index contributed by atoms with van der Waals surface area (Å²) in [6, 6.07) is 10.5. The van der Waals surface area contributed by atoms with E-state index < -0.39 is 11.9 Å². The van der Waals surface area contributed by atoms with Crippen molar-refractivity contribution in [3.63, 3.8) is 0 Å². The van der Waals surface area contributed by atoms with E-state index in [-0.39, 0.29) is 5.91 Å². The van der Waals surface area contributed by atoms with Crippen LogP contribution < -0.4 is 20.1 Å². The van der Waals surface area contributed by atoms with Crippen molar-refractivity contribution < 1.29 is 18.7 Å². The van der Waals surface area contributed by atoms with E-state index in [1.165, 1.54) is 32.7 Å². The number of carbonyl (C=O) groups is 1. The normalized spacial score (nSPS) is 15.3. The molecular weight excluding hydrogens is 389 g/mol. The molecule has 2 aromatic carbocycles. The summed E-state index contributed by atoms with van der Waals surface area (Å²) in [6.45, 7) is 1.77. The van der Waals surface area contributed by atoms with E-state index in [9.17, 15) is 9.18 Å². The monoisotopic (exact) mass is 409 g/mol. The number of amides is 1. The van der Waals surface area contributed by atoms with Gasteiger partial charge in [-0.1, -0.05) is 12.1 Å². The maximum absolute atomic E-state index is 14.0. The van der Waals surface area contributed by atoms with Crippen LogP contribution >= 0.6 is 0 Å². The first-order chi connectivity index (χ1) is 14.5. The van der Waals surface area contributed by atoms with Crippen LogP contribution in [-0.2, 0) is 4.79 Å². The minimum atomic E-state index is -0.656. The summed E-state index contributed by atoms with van der Waals surface area (Å²) in [6.07, 6.45) is 1.38. The Labute approximate surface area is 172 Å². The number of ether oxygens (including phenoxy) is 2. The number of fused-ring (bicyclic) bond motifs is 1. The zero-order valence-corrected chi connectivity index (χ0v) is 16.6. The summed E-state index contributed by atoms with van der Waals surface area (Å²) in [7, 11) is 3.05. The number of nitrogens with zero attached hydrogens (tertiary/aromatic N) is 3. The topological polar surface area (TPSA) is 90.3 Å². The van der Waals surface area contributed by atoms with Crippen LogP contribution in [0.15, 0.2) is 60.1 Å². The van der Waals surface area contributed by atoms with Crippen molar-refractivity contribution in [3.05, 3.63) is 71.4 Å². The number of aromatic nitrogens is 3. The quantitative estimate of drug-likeness (QED) is 0.672. The number of benzene rings is 2. The molecule has 0 saturated carbocycles. The van der Waals surface area contributed by atoms with Crippen LogP contribution in [0.25, 0.3) is 0 Å². The fourth-order valence-electron chi connectivity index (χ4n) is 3.47. The van der Waals surface area contributed by atoms with Gasteiger partial charge in [0.2, 0.25) is 5.95 Å². The van der Waals surface area contributed by atoms with Crippen LogP contribution in [-0.4, -0.2) is 34.9 Å². The Hall–Kier alpha value is -3.88. The molecule has 1 aliphatic rings. The first kappa shape index (κ1) is 19.4. The summed E-state index contributed by atoms with van der Waals surface area (Å²) >= 11 is 0. The van der Waals surface area contributed by atoms with Gasteiger partial charge in [0.15, 0.2) is 0 Å². The first-order valence-electron chi connectivity index (χ1n) is 9.18. The number of nitrogens with one attached hydrogen (secondary N) is 2. The van der Waals surface area contributed by atoms with Crippen molar-refractivity contribution in [2.45, 2.75) is 13.0 Å². The van der Waals surface area contributed by atoms with Gasteiger partial charge in [0.25, 0.3) is 5.91 Å². The van der Waals surface area contributed by atoms with Gasteiger partial charge >= 0.3 is 0 Å². The highest BCUT2D eigenvalue weighted by Gasteiger charge is 2.34. The van der Waals surface area contributed by atoms with Crippen molar-refractivity contribution in [3.8, 4) is 11.5 Å². The highest BCUT2D eigenvalue weighted by Crippen LogP contribution is 2.36. The molecule has 1 amide bonds. The van der Waals surface area contributed by atoms with E-state index in [0.717, 1.165) is 0 Å². The fraction of sp³-hybridized carbons (Fsp3) is 0.190. The lowest BCUT2D eigenvalue weighted by Gasteiger charge is -2.29. The van der Waals surface area contributed by atoms with Gasteiger partial charge in [-0.2, -0.15) is 10.1 Å². The van der Waals surface area contributed by atoms with Gasteiger partial charge in [-0.3, -0.25) is 4.79 Å². The van der Waals surface area contributed by atoms with Crippen molar-refractivity contribution in [2.75, 3.05) is 24.9 Å². The van der Waals surface area contributed by atoms with E-state index in [1.54, 1.807) is 41.9 Å². The maximum atomic E-state index is 14.0. The second-order valence-corrected chi connectivity index (χ2v) is 6.67. The number of halogens is 1. The van der Waals surface area contributed by atoms with Crippen LogP contribution in [0.3, 0.4) is 0 Å². The largest absolute Gasteiger partial charge is 0.497 e. The van der Waals surface area contributed by atoms with Gasteiger partial charge in [-0.25, -0.2) is 9.07 Å². The minimum absolute atomic E-state index is 0.378. The van der Waals surface area contributed by atoms with Gasteiger partial charge < -0.3 is 20.1 Å². The Morgan fingerprint density at radius 3 is 2.77 bits per heavy atom. The van der Waals surface area contributed by atoms with Crippen molar-refractivity contribution >= 4 is 17.5 Å². The summed E-state index contributed by atoms with van der Waals surface area (Å²) in [5, 5.41) is 10.2. The third-order valence-corrected chi connectivity index (χ3v) is 4.86. The van der Waals surface area contributed by atoms with Crippen LogP contribution in [0, 0.1) is 5.82 Å². The van der Waals surface area contributed by atoms with Gasteiger partial charge in [0.1, 0.15) is 29.7 Å². The van der Waals surface area contributed by atoms with E-state index in [0.29, 0.717) is 40.0 Å². The van der Waals surface area contributed by atoms with E-state index in [1.807, 2.05) is 0 Å². The average molecular weight is 409 g/mol. The molecule has 4 rings (SSSR count). The molecule has 2 heterocycles. The molecule has 1 atom stereocenters. The van der Waals surface area contributed by atoms with Crippen LogP contribution in [0.1, 0.15) is 18.5 Å². The third-order valence-electron chi connectivity index (χ3n) is 4.86. The Kier molecular flexibility index (Phi) is 5.09. The summed E-state index contributed by atoms with van der Waals surface area (Å²) in [5.74, 6) is 0.729. The molecule has 8 nitrogen and oxygen atoms in total. The fourth-order valence-corrected chi connectivity index (χ4v) is 3.47. The number of anilines is 2. The third kappa shape index (κ3) is 3.45. The number of allylic oxidation sites excluding steroid dienone is 1. The Balaban J connectivity index is 1.77. The van der Waals surface area contributed by atoms with E-state index >= 15 is 0 Å². The van der Waals surface area contributed by atoms with Crippen molar-refractivity contribution in [1.82, 2.24) is 14.8 Å². The number of hydrogen-bond acceptors (Lipinski definition) is 6. The molecule has 3 aromatic rings. The van der Waals surface area contributed by atoms with Crippen LogP contribution in [0.4, 0.5) is 16.0 Å². The highest BCUT2D eigenvalue weighted by atomic mass is 19.1. The van der Waals surface area contributed by atoms with Crippen LogP contribution in [0.2, 0.25) is 0 Å². The molecule has 2 N–H and O–H groups in total. The van der Waals surface area contributed by atoms with E-state index in [4.69, 9.17) is 9.47 Å². The van der Waals surface area contributed by atoms with Crippen molar-refractivity contribution in [1.29, 1.82) is 0 Å². The molecule has 0 bridgehead atoms. The molecule has 1 aliphatic heterocycles. The Morgan fingerprint density at radius 2 is 2.03 bits per heavy atom. The van der Waals surface area contributed by atoms with Crippen molar-refractivity contribution in [2.24, 2.45) is 0 Å². The number of rotatable bonds is 5. The molecule has 30 heavy (non-hydrogen) atoms. The SMILES string of the molecule is COc1ccc(OC)c(NC(=O)C2=C(C)Nc3ncnn3[C@@H]2c2cccc(F)c2)c1. The minimum Gasteiger partial charge on any atom is -0.497 e. The number of hydrogen-bond donors (Lipinski definition) is 2. The predicted octanol–water partition coefficient (Wildman–Crippen LogP) is 3.36. The highest BCUT2D eigenvalue weighted by molar-refractivity contribution is 6.06. The Morgan fingerprint density at radius 1 is 1.20 bits per heavy atom. The smallest absolute Gasteiger partial charge is 0.255 e. The van der Waals surface area contributed by atoms with Crippen LogP contribution in [0.5, 0.6) is 11.5 Å².